The molecule has 0 aliphatic heterocycles. The van der Waals surface area contributed by atoms with Crippen molar-refractivity contribution in [3.63, 3.8) is 0 Å². The zero-order valence-corrected chi connectivity index (χ0v) is 9.23. The Morgan fingerprint density at radius 3 is 1.88 bits per heavy atom. The molecule has 0 unspecified atom stereocenters. The average Bonchev–Trinajstić information content (AvgIpc) is 2.00. The number of ether oxygens (including phenoxy) is 1. The number of rotatable bonds is 2. The van der Waals surface area contributed by atoms with Gasteiger partial charge in [-0.25, -0.2) is 8.42 Å². The number of alkyl halides is 3. The van der Waals surface area contributed by atoms with Crippen LogP contribution in [0.5, 0.6) is 5.75 Å². The van der Waals surface area contributed by atoms with Crippen LogP contribution in [0.25, 0.3) is 0 Å². The van der Waals surface area contributed by atoms with Crippen LogP contribution in [-0.4, -0.2) is 14.8 Å². The van der Waals surface area contributed by atoms with E-state index < -0.39 is 21.2 Å². The third-order valence-electron chi connectivity index (χ3n) is 1.34. The molecule has 3 N–H and O–H groups in total. The van der Waals surface area contributed by atoms with Crippen molar-refractivity contribution in [2.75, 3.05) is 0 Å². The van der Waals surface area contributed by atoms with Crippen LogP contribution in [0.15, 0.2) is 29.2 Å². The van der Waals surface area contributed by atoms with Crippen molar-refractivity contribution in [2.24, 2.45) is 0 Å². The fourth-order valence-corrected chi connectivity index (χ4v) is 1.57. The highest BCUT2D eigenvalue weighted by Crippen LogP contribution is 2.24. The van der Waals surface area contributed by atoms with E-state index in [0.29, 0.717) is 0 Å². The van der Waals surface area contributed by atoms with Gasteiger partial charge in [-0.3, -0.25) is 0 Å². The van der Waals surface area contributed by atoms with Gasteiger partial charge in [-0.05, 0) is 24.3 Å². The molecule has 0 heterocycles. The zero-order valence-electron chi connectivity index (χ0n) is 7.66. The van der Waals surface area contributed by atoms with Crippen LogP contribution in [-0.2, 0) is 9.05 Å². The Balaban J connectivity index is 0.00000225. The van der Waals surface area contributed by atoms with E-state index in [1.807, 2.05) is 0 Å². The fourth-order valence-electron chi connectivity index (χ4n) is 0.804. The lowest BCUT2D eigenvalue weighted by Crippen LogP contribution is -2.17. The van der Waals surface area contributed by atoms with Crippen molar-refractivity contribution in [1.82, 2.24) is 6.15 Å². The van der Waals surface area contributed by atoms with Gasteiger partial charge in [-0.1, -0.05) is 0 Å². The molecular weight excluding hydrogens is 271 g/mol. The van der Waals surface area contributed by atoms with Crippen LogP contribution in [0.3, 0.4) is 0 Å². The van der Waals surface area contributed by atoms with Crippen LogP contribution in [0.2, 0.25) is 0 Å². The van der Waals surface area contributed by atoms with Crippen molar-refractivity contribution in [2.45, 2.75) is 11.3 Å². The van der Waals surface area contributed by atoms with Crippen molar-refractivity contribution >= 4 is 19.7 Å². The quantitative estimate of drug-likeness (QED) is 0.843. The first kappa shape index (κ1) is 15.0. The summed E-state index contributed by atoms with van der Waals surface area (Å²) < 4.78 is 60.1. The lowest BCUT2D eigenvalue weighted by Gasteiger charge is -2.08. The van der Waals surface area contributed by atoms with Gasteiger partial charge in [0.05, 0.1) is 4.90 Å². The van der Waals surface area contributed by atoms with E-state index in [4.69, 9.17) is 10.7 Å². The molecule has 0 radical (unpaired) electrons. The maximum Gasteiger partial charge on any atom is 0.573 e. The minimum absolute atomic E-state index is 0. The van der Waals surface area contributed by atoms with Crippen molar-refractivity contribution in [1.29, 1.82) is 0 Å². The summed E-state index contributed by atoms with van der Waals surface area (Å²) in [5.74, 6) is -0.508. The van der Waals surface area contributed by atoms with Crippen LogP contribution < -0.4 is 10.9 Å². The summed E-state index contributed by atoms with van der Waals surface area (Å²) in [7, 11) is 1.03. The molecule has 4 nitrogen and oxygen atoms in total. The molecule has 92 valence electrons. The molecule has 0 aliphatic rings. The van der Waals surface area contributed by atoms with E-state index in [-0.39, 0.29) is 11.0 Å². The highest BCUT2D eigenvalue weighted by molar-refractivity contribution is 8.13. The first-order chi connectivity index (χ1) is 6.68. The fraction of sp³-hybridized carbons (Fsp3) is 0.143. The van der Waals surface area contributed by atoms with Gasteiger partial charge in [-0.15, -0.1) is 13.2 Å². The predicted molar refractivity (Wildman–Crippen MR) is 51.2 cm³/mol. The third-order valence-corrected chi connectivity index (χ3v) is 2.71. The highest BCUT2D eigenvalue weighted by atomic mass is 35.7. The number of halogens is 4. The Morgan fingerprint density at radius 2 is 1.56 bits per heavy atom. The second-order valence-corrected chi connectivity index (χ2v) is 5.02. The maximum absolute atomic E-state index is 11.7. The van der Waals surface area contributed by atoms with Gasteiger partial charge < -0.3 is 10.9 Å². The Labute approximate surface area is 94.0 Å². The van der Waals surface area contributed by atoms with Gasteiger partial charge in [0.2, 0.25) is 0 Å². The molecule has 0 bridgehead atoms. The first-order valence-electron chi connectivity index (χ1n) is 3.49. The highest BCUT2D eigenvalue weighted by Gasteiger charge is 2.31. The van der Waals surface area contributed by atoms with E-state index >= 15 is 0 Å². The Morgan fingerprint density at radius 1 is 1.12 bits per heavy atom. The van der Waals surface area contributed by atoms with Crippen molar-refractivity contribution < 1.29 is 26.3 Å². The zero-order chi connectivity index (χ0) is 11.7. The molecule has 16 heavy (non-hydrogen) atoms. The molecule has 1 aromatic rings. The molecule has 0 atom stereocenters. The molecule has 0 amide bonds. The molecule has 0 aliphatic carbocycles. The number of hydrogen-bond acceptors (Lipinski definition) is 4. The third kappa shape index (κ3) is 4.69. The van der Waals surface area contributed by atoms with Gasteiger partial charge in [0.15, 0.2) is 0 Å². The number of benzene rings is 1. The molecule has 9 heteroatoms. The predicted octanol–water partition coefficient (Wildman–Crippen LogP) is 2.67. The molecule has 1 rings (SSSR count). The summed E-state index contributed by atoms with van der Waals surface area (Å²) in [5.41, 5.74) is 0. The van der Waals surface area contributed by atoms with E-state index in [1.165, 1.54) is 0 Å². The topological polar surface area (TPSA) is 78.4 Å². The summed E-state index contributed by atoms with van der Waals surface area (Å²) in [5, 5.41) is 0. The number of hydrogen-bond donors (Lipinski definition) is 1. The van der Waals surface area contributed by atoms with E-state index in [9.17, 15) is 21.6 Å². The standard InChI is InChI=1S/C7H4ClF3O3S.H3N/c8-15(12,13)6-3-1-5(2-4-6)14-7(9,10)11;/h1-4H;1H3. The minimum Gasteiger partial charge on any atom is -0.406 e. The van der Waals surface area contributed by atoms with Gasteiger partial charge in [0.1, 0.15) is 5.75 Å². The minimum atomic E-state index is -4.80. The summed E-state index contributed by atoms with van der Waals surface area (Å²) in [4.78, 5) is -0.293. The lowest BCUT2D eigenvalue weighted by molar-refractivity contribution is -0.274. The maximum atomic E-state index is 11.7. The van der Waals surface area contributed by atoms with Crippen LogP contribution in [0.1, 0.15) is 0 Å². The van der Waals surface area contributed by atoms with E-state index in [0.717, 1.165) is 24.3 Å². The van der Waals surface area contributed by atoms with E-state index in [1.54, 1.807) is 0 Å². The Kier molecular flexibility index (Phi) is 4.59. The van der Waals surface area contributed by atoms with Crippen LogP contribution in [0, 0.1) is 0 Å². The largest absolute Gasteiger partial charge is 0.573 e. The van der Waals surface area contributed by atoms with Crippen LogP contribution in [0.4, 0.5) is 13.2 Å². The summed E-state index contributed by atoms with van der Waals surface area (Å²) >= 11 is 0. The van der Waals surface area contributed by atoms with Crippen LogP contribution >= 0.6 is 10.7 Å². The summed E-state index contributed by atoms with van der Waals surface area (Å²) in [6, 6.07) is 3.57. The molecule has 0 aromatic heterocycles. The molecule has 0 spiro atoms. The normalized spacial score (nSPS) is 11.8. The molecule has 0 fully saturated rings. The molecule has 0 saturated heterocycles. The second kappa shape index (κ2) is 4.89. The summed E-state index contributed by atoms with van der Waals surface area (Å²) in [6.07, 6.45) is -4.80. The van der Waals surface area contributed by atoms with Crippen molar-refractivity contribution in [3.8, 4) is 5.75 Å². The van der Waals surface area contributed by atoms with Gasteiger partial charge >= 0.3 is 6.36 Å². The second-order valence-electron chi connectivity index (χ2n) is 2.46. The average molecular weight is 278 g/mol. The smallest absolute Gasteiger partial charge is 0.406 e. The monoisotopic (exact) mass is 277 g/mol. The molecule has 1 aromatic carbocycles. The summed E-state index contributed by atoms with van der Waals surface area (Å²) in [6.45, 7) is 0. The Hall–Kier alpha value is -0.990. The van der Waals surface area contributed by atoms with Crippen molar-refractivity contribution in [3.05, 3.63) is 24.3 Å². The van der Waals surface area contributed by atoms with Gasteiger partial charge in [-0.2, -0.15) is 0 Å². The van der Waals surface area contributed by atoms with E-state index in [2.05, 4.69) is 4.74 Å². The molecule has 0 saturated carbocycles. The SMILES string of the molecule is N.O=S(=O)(Cl)c1ccc(OC(F)(F)F)cc1. The molecular formula is C7H7ClF3NO3S. The van der Waals surface area contributed by atoms with Gasteiger partial charge in [0.25, 0.3) is 9.05 Å². The van der Waals surface area contributed by atoms with Gasteiger partial charge in [0, 0.05) is 10.7 Å². The lowest BCUT2D eigenvalue weighted by atomic mass is 10.3. The Bertz CT molecular complexity index is 443. The first-order valence-corrected chi connectivity index (χ1v) is 5.80.